The largest absolute Gasteiger partial charge is 0.358 e. The first-order valence-corrected chi connectivity index (χ1v) is 13.5. The molecule has 0 saturated carbocycles. The van der Waals surface area contributed by atoms with Crippen molar-refractivity contribution in [1.29, 1.82) is 0 Å². The Bertz CT molecular complexity index is 1620. The fraction of sp³-hybridized carbons (Fsp3) is 0.290. The van der Waals surface area contributed by atoms with Crippen molar-refractivity contribution in [3.8, 4) is 16.9 Å². The minimum absolute atomic E-state index is 0.0645. The molecule has 4 aromatic rings. The Labute approximate surface area is 235 Å². The number of ketones is 1. The number of anilines is 1. The lowest BCUT2D eigenvalue weighted by Crippen LogP contribution is -2.56. The van der Waals surface area contributed by atoms with Crippen LogP contribution in [0.3, 0.4) is 0 Å². The van der Waals surface area contributed by atoms with E-state index in [1.165, 1.54) is 4.68 Å². The number of Topliss-reactive ketones (excluding diaryl/α,β-unsaturated/α-hetero) is 1. The van der Waals surface area contributed by atoms with Gasteiger partial charge in [-0.15, -0.1) is 0 Å². The molecule has 1 amide bonds. The van der Waals surface area contributed by atoms with Gasteiger partial charge in [-0.3, -0.25) is 14.6 Å². The van der Waals surface area contributed by atoms with E-state index in [2.05, 4.69) is 15.0 Å². The molecule has 2 aliphatic heterocycles. The van der Waals surface area contributed by atoms with E-state index in [-0.39, 0.29) is 23.1 Å². The average Bonchev–Trinajstić information content (AvgIpc) is 3.49. The predicted molar refractivity (Wildman–Crippen MR) is 147 cm³/mol. The van der Waals surface area contributed by atoms with Gasteiger partial charge in [-0.25, -0.2) is 17.9 Å². The number of benzene rings is 2. The molecule has 41 heavy (non-hydrogen) atoms. The van der Waals surface area contributed by atoms with Gasteiger partial charge in [0.1, 0.15) is 5.54 Å². The number of piperidine rings is 1. The van der Waals surface area contributed by atoms with Crippen LogP contribution in [0.2, 0.25) is 0 Å². The van der Waals surface area contributed by atoms with Crippen LogP contribution in [-0.2, 0) is 4.79 Å². The number of aryl methyl sites for hydroxylation is 1. The van der Waals surface area contributed by atoms with Crippen molar-refractivity contribution >= 4 is 17.4 Å². The molecule has 0 unspecified atom stereocenters. The maximum atomic E-state index is 14.2. The van der Waals surface area contributed by atoms with Crippen molar-refractivity contribution in [3.63, 3.8) is 0 Å². The molecule has 0 N–H and O–H groups in total. The highest BCUT2D eigenvalue weighted by Gasteiger charge is 2.50. The fourth-order valence-electron chi connectivity index (χ4n) is 6.08. The van der Waals surface area contributed by atoms with E-state index >= 15 is 0 Å². The fourth-order valence-corrected chi connectivity index (χ4v) is 6.08. The second-order valence-electron chi connectivity index (χ2n) is 10.7. The zero-order valence-corrected chi connectivity index (χ0v) is 22.7. The molecule has 10 heteroatoms. The van der Waals surface area contributed by atoms with E-state index in [4.69, 9.17) is 0 Å². The molecule has 6 rings (SSSR count). The second kappa shape index (κ2) is 10.2. The average molecular weight is 560 g/mol. The molecule has 1 spiro atoms. The first-order chi connectivity index (χ1) is 19.7. The molecular weight excluding hydrogens is 531 g/mol. The number of carbonyl (C=O) groups excluding carboxylic acids is 2. The van der Waals surface area contributed by atoms with Crippen molar-refractivity contribution in [3.05, 3.63) is 95.2 Å². The number of aromatic nitrogens is 3. The van der Waals surface area contributed by atoms with Crippen LogP contribution < -0.4 is 4.90 Å². The standard InChI is InChI=1S/C31H28F3N5O2/c1-19-5-7-22(8-6-19)38-13-9-26(40)31(38)10-14-37(15-11-31)30(41)28-20(2)29(21-4-3-12-35-18-21)39(36-28)23-16-24(32)27(34)25(33)17-23/h3-8,12,16-18H,9-11,13-15H2,1-2H3. The monoisotopic (exact) mass is 559 g/mol. The van der Waals surface area contributed by atoms with Crippen molar-refractivity contribution in [1.82, 2.24) is 19.7 Å². The molecule has 2 aliphatic rings. The quantitative estimate of drug-likeness (QED) is 0.312. The normalized spacial score (nSPS) is 16.6. The van der Waals surface area contributed by atoms with Gasteiger partial charge >= 0.3 is 0 Å². The second-order valence-corrected chi connectivity index (χ2v) is 10.7. The van der Waals surface area contributed by atoms with Gasteiger partial charge in [0.05, 0.1) is 11.4 Å². The molecule has 4 heterocycles. The number of carbonyl (C=O) groups is 2. The molecule has 210 valence electrons. The van der Waals surface area contributed by atoms with Gasteiger partial charge in [-0.1, -0.05) is 17.7 Å². The highest BCUT2D eigenvalue weighted by molar-refractivity contribution is 5.98. The van der Waals surface area contributed by atoms with Gasteiger partial charge in [0.15, 0.2) is 28.9 Å². The van der Waals surface area contributed by atoms with Crippen LogP contribution in [0.1, 0.15) is 40.9 Å². The van der Waals surface area contributed by atoms with E-state index in [0.717, 1.165) is 23.4 Å². The minimum Gasteiger partial charge on any atom is -0.358 e. The Hall–Kier alpha value is -4.47. The summed E-state index contributed by atoms with van der Waals surface area (Å²) in [5.41, 5.74) is 3.00. The minimum atomic E-state index is -1.58. The molecule has 0 radical (unpaired) electrons. The van der Waals surface area contributed by atoms with Crippen molar-refractivity contribution < 1.29 is 22.8 Å². The van der Waals surface area contributed by atoms with Crippen LogP contribution in [0, 0.1) is 31.3 Å². The van der Waals surface area contributed by atoms with E-state index in [9.17, 15) is 22.8 Å². The van der Waals surface area contributed by atoms with E-state index < -0.39 is 23.0 Å². The lowest BCUT2D eigenvalue weighted by Gasteiger charge is -2.44. The van der Waals surface area contributed by atoms with Crippen molar-refractivity contribution in [2.24, 2.45) is 0 Å². The van der Waals surface area contributed by atoms with Crippen LogP contribution in [0.5, 0.6) is 0 Å². The van der Waals surface area contributed by atoms with Crippen LogP contribution in [0.15, 0.2) is 60.9 Å². The van der Waals surface area contributed by atoms with Gasteiger partial charge in [-0.2, -0.15) is 5.10 Å². The summed E-state index contributed by atoms with van der Waals surface area (Å²) in [6.07, 6.45) is 4.56. The summed E-state index contributed by atoms with van der Waals surface area (Å²) in [4.78, 5) is 35.0. The predicted octanol–water partition coefficient (Wildman–Crippen LogP) is 5.42. The summed E-state index contributed by atoms with van der Waals surface area (Å²) in [6, 6.07) is 13.2. The maximum Gasteiger partial charge on any atom is 0.274 e. The number of hydrogen-bond acceptors (Lipinski definition) is 5. The van der Waals surface area contributed by atoms with Crippen molar-refractivity contribution in [2.75, 3.05) is 24.5 Å². The molecular formula is C31H28F3N5O2. The molecule has 2 aromatic heterocycles. The SMILES string of the molecule is Cc1ccc(N2CCC(=O)C23CCN(C(=O)c2nn(-c4cc(F)c(F)c(F)c4)c(-c4cccnc4)c2C)CC3)cc1. The van der Waals surface area contributed by atoms with E-state index in [1.54, 1.807) is 36.4 Å². The lowest BCUT2D eigenvalue weighted by atomic mass is 9.83. The molecule has 0 bridgehead atoms. The summed E-state index contributed by atoms with van der Waals surface area (Å²) in [5.74, 6) is -4.47. The third-order valence-electron chi connectivity index (χ3n) is 8.29. The highest BCUT2D eigenvalue weighted by atomic mass is 19.2. The molecule has 0 aliphatic carbocycles. The van der Waals surface area contributed by atoms with Crippen molar-refractivity contribution in [2.45, 2.75) is 38.6 Å². The van der Waals surface area contributed by atoms with Gasteiger partial charge in [0.2, 0.25) is 0 Å². The zero-order valence-electron chi connectivity index (χ0n) is 22.7. The van der Waals surface area contributed by atoms with Gasteiger partial charge in [0, 0.05) is 67.4 Å². The Balaban J connectivity index is 1.32. The van der Waals surface area contributed by atoms with E-state index in [0.29, 0.717) is 55.7 Å². The number of nitrogens with zero attached hydrogens (tertiary/aromatic N) is 5. The van der Waals surface area contributed by atoms with Gasteiger partial charge in [-0.05, 0) is 51.0 Å². The number of amides is 1. The summed E-state index contributed by atoms with van der Waals surface area (Å²) in [7, 11) is 0. The maximum absolute atomic E-state index is 14.2. The summed E-state index contributed by atoms with van der Waals surface area (Å²) >= 11 is 0. The number of pyridine rings is 1. The Morgan fingerprint density at radius 1 is 0.927 bits per heavy atom. The Morgan fingerprint density at radius 2 is 1.61 bits per heavy atom. The van der Waals surface area contributed by atoms with Gasteiger partial charge < -0.3 is 9.80 Å². The van der Waals surface area contributed by atoms with Crippen LogP contribution >= 0.6 is 0 Å². The number of likely N-dealkylation sites (tertiary alicyclic amines) is 1. The summed E-state index contributed by atoms with van der Waals surface area (Å²) < 4.78 is 43.4. The first-order valence-electron chi connectivity index (χ1n) is 13.5. The molecule has 7 nitrogen and oxygen atoms in total. The third kappa shape index (κ3) is 4.47. The number of hydrogen-bond donors (Lipinski definition) is 0. The Morgan fingerprint density at radius 3 is 2.24 bits per heavy atom. The molecule has 2 saturated heterocycles. The molecule has 0 atom stereocenters. The smallest absolute Gasteiger partial charge is 0.274 e. The molecule has 2 fully saturated rings. The van der Waals surface area contributed by atoms with Crippen LogP contribution in [0.25, 0.3) is 16.9 Å². The first kappa shape index (κ1) is 26.7. The third-order valence-corrected chi connectivity index (χ3v) is 8.29. The van der Waals surface area contributed by atoms with Crippen LogP contribution in [0.4, 0.5) is 18.9 Å². The Kier molecular flexibility index (Phi) is 6.63. The van der Waals surface area contributed by atoms with Gasteiger partial charge in [0.25, 0.3) is 5.91 Å². The molecule has 2 aromatic carbocycles. The summed E-state index contributed by atoms with van der Waals surface area (Å²) in [6.45, 7) is 5.06. The van der Waals surface area contributed by atoms with Crippen LogP contribution in [-0.4, -0.2) is 56.5 Å². The topological polar surface area (TPSA) is 71.3 Å². The summed E-state index contributed by atoms with van der Waals surface area (Å²) in [5, 5.41) is 4.48. The highest BCUT2D eigenvalue weighted by Crippen LogP contribution is 2.40. The number of rotatable bonds is 4. The van der Waals surface area contributed by atoms with E-state index in [1.807, 2.05) is 31.2 Å². The number of halogens is 3. The lowest BCUT2D eigenvalue weighted by molar-refractivity contribution is -0.123. The zero-order chi connectivity index (χ0) is 28.9.